The van der Waals surface area contributed by atoms with Gasteiger partial charge in [-0.25, -0.2) is 4.68 Å². The summed E-state index contributed by atoms with van der Waals surface area (Å²) in [5.41, 5.74) is 1.50. The van der Waals surface area contributed by atoms with E-state index < -0.39 is 12.5 Å². The number of carbonyl (C=O) groups is 2. The van der Waals surface area contributed by atoms with Crippen LogP contribution in [-0.4, -0.2) is 21.6 Å². The van der Waals surface area contributed by atoms with Crippen molar-refractivity contribution < 1.29 is 18.4 Å². The minimum absolute atomic E-state index is 0.143. The largest absolute Gasteiger partial charge is 0.333 e. The summed E-state index contributed by atoms with van der Waals surface area (Å²) < 4.78 is 25.3. The normalized spacial score (nSPS) is 10.6. The van der Waals surface area contributed by atoms with E-state index in [1.54, 1.807) is 18.2 Å². The Labute approximate surface area is 125 Å². The molecule has 22 heavy (non-hydrogen) atoms. The molecule has 0 spiro atoms. The van der Waals surface area contributed by atoms with Crippen LogP contribution < -0.4 is 10.6 Å². The number of alkyl halides is 2. The van der Waals surface area contributed by atoms with Gasteiger partial charge in [-0.2, -0.15) is 13.9 Å². The summed E-state index contributed by atoms with van der Waals surface area (Å²) in [4.78, 5) is 23.2. The van der Waals surface area contributed by atoms with Crippen LogP contribution in [0.1, 0.15) is 29.5 Å². The maximum absolute atomic E-state index is 12.5. The molecule has 1 aromatic heterocycles. The Morgan fingerprint density at radius 3 is 2.50 bits per heavy atom. The molecule has 0 fully saturated rings. The Morgan fingerprint density at radius 1 is 1.18 bits per heavy atom. The van der Waals surface area contributed by atoms with Gasteiger partial charge in [0, 0.05) is 13.1 Å². The molecule has 2 N–H and O–H groups in total. The molecule has 8 heteroatoms. The summed E-state index contributed by atoms with van der Waals surface area (Å²) >= 11 is 0. The van der Waals surface area contributed by atoms with Crippen LogP contribution in [0.2, 0.25) is 0 Å². The zero-order valence-electron chi connectivity index (χ0n) is 11.9. The summed E-state index contributed by atoms with van der Waals surface area (Å²) in [5.74, 6) is -0.932. The van der Waals surface area contributed by atoms with Crippen molar-refractivity contribution in [3.8, 4) is 0 Å². The van der Waals surface area contributed by atoms with E-state index in [1.807, 2.05) is 6.92 Å². The van der Waals surface area contributed by atoms with Crippen molar-refractivity contribution in [3.05, 3.63) is 41.7 Å². The lowest BCUT2D eigenvalue weighted by molar-refractivity contribution is -0.114. The molecule has 0 radical (unpaired) electrons. The molecule has 2 aromatic rings. The molecule has 6 nitrogen and oxygen atoms in total. The number of anilines is 2. The Kier molecular flexibility index (Phi) is 4.50. The maximum atomic E-state index is 12.5. The van der Waals surface area contributed by atoms with E-state index in [-0.39, 0.29) is 11.6 Å². The second-order valence-electron chi connectivity index (χ2n) is 4.64. The number of nitrogens with zero attached hydrogens (tertiary/aromatic N) is 2. The van der Waals surface area contributed by atoms with Crippen molar-refractivity contribution in [2.75, 3.05) is 10.6 Å². The highest BCUT2D eigenvalue weighted by atomic mass is 19.3. The van der Waals surface area contributed by atoms with E-state index in [0.29, 0.717) is 16.1 Å². The van der Waals surface area contributed by atoms with Crippen LogP contribution in [0.5, 0.6) is 0 Å². The van der Waals surface area contributed by atoms with Gasteiger partial charge in [0.05, 0.1) is 11.4 Å². The number of carbonyl (C=O) groups excluding carboxylic acids is 2. The van der Waals surface area contributed by atoms with E-state index in [0.717, 1.165) is 11.8 Å². The van der Waals surface area contributed by atoms with E-state index >= 15 is 0 Å². The molecule has 0 aliphatic carbocycles. The molecule has 2 rings (SSSR count). The zero-order valence-corrected chi connectivity index (χ0v) is 11.9. The number of nitrogens with one attached hydrogen (secondary N) is 2. The Morgan fingerprint density at radius 2 is 1.91 bits per heavy atom. The third kappa shape index (κ3) is 3.66. The highest BCUT2D eigenvalue weighted by Gasteiger charge is 2.15. The molecule has 0 aliphatic rings. The van der Waals surface area contributed by atoms with Crippen molar-refractivity contribution >= 4 is 23.2 Å². The van der Waals surface area contributed by atoms with Gasteiger partial charge in [-0.1, -0.05) is 6.07 Å². The smallest absolute Gasteiger partial charge is 0.325 e. The predicted molar refractivity (Wildman–Crippen MR) is 76.9 cm³/mol. The fourth-order valence-corrected chi connectivity index (χ4v) is 1.81. The first-order valence-electron chi connectivity index (χ1n) is 6.39. The number of amides is 2. The number of aryl methyl sites for hydroxylation is 1. The van der Waals surface area contributed by atoms with Crippen LogP contribution in [0.15, 0.2) is 30.5 Å². The fourth-order valence-electron chi connectivity index (χ4n) is 1.81. The highest BCUT2D eigenvalue weighted by molar-refractivity contribution is 6.06. The highest BCUT2D eigenvalue weighted by Crippen LogP contribution is 2.23. The first-order valence-corrected chi connectivity index (χ1v) is 6.39. The average Bonchev–Trinajstić information content (AvgIpc) is 2.91. The molecular formula is C14H14F2N4O2. The van der Waals surface area contributed by atoms with Gasteiger partial charge in [0.25, 0.3) is 5.91 Å². The van der Waals surface area contributed by atoms with Gasteiger partial charge in [-0.15, -0.1) is 0 Å². The SMILES string of the molecule is CC(=O)Nc1ccc(C)cc1NC(=O)c1ccn(C(F)F)n1. The van der Waals surface area contributed by atoms with Crippen molar-refractivity contribution in [1.29, 1.82) is 0 Å². The predicted octanol–water partition coefficient (Wildman–Crippen LogP) is 2.80. The van der Waals surface area contributed by atoms with Gasteiger partial charge in [0.15, 0.2) is 5.69 Å². The van der Waals surface area contributed by atoms with Gasteiger partial charge < -0.3 is 10.6 Å². The van der Waals surface area contributed by atoms with Gasteiger partial charge in [-0.05, 0) is 30.7 Å². The van der Waals surface area contributed by atoms with E-state index in [4.69, 9.17) is 0 Å². The lowest BCUT2D eigenvalue weighted by Crippen LogP contribution is -2.16. The first-order chi connectivity index (χ1) is 10.4. The molecule has 116 valence electrons. The van der Waals surface area contributed by atoms with Crippen LogP contribution in [-0.2, 0) is 4.79 Å². The standard InChI is InChI=1S/C14H14F2N4O2/c1-8-3-4-10(17-9(2)21)12(7-8)18-13(22)11-5-6-20(19-11)14(15)16/h3-7,14H,1-2H3,(H,17,21)(H,18,22). The molecule has 1 aromatic carbocycles. The lowest BCUT2D eigenvalue weighted by Gasteiger charge is -2.11. The van der Waals surface area contributed by atoms with Crippen molar-refractivity contribution in [2.24, 2.45) is 0 Å². The topological polar surface area (TPSA) is 76.0 Å². The second kappa shape index (κ2) is 6.33. The molecule has 0 unspecified atom stereocenters. The van der Waals surface area contributed by atoms with E-state index in [9.17, 15) is 18.4 Å². The third-order valence-electron chi connectivity index (χ3n) is 2.77. The Bertz CT molecular complexity index is 713. The van der Waals surface area contributed by atoms with E-state index in [2.05, 4.69) is 15.7 Å². The molecular weight excluding hydrogens is 294 g/mol. The fraction of sp³-hybridized carbons (Fsp3) is 0.214. The molecule has 0 bridgehead atoms. The number of rotatable bonds is 4. The van der Waals surface area contributed by atoms with Crippen LogP contribution in [0.25, 0.3) is 0 Å². The molecule has 0 saturated heterocycles. The Balaban J connectivity index is 2.23. The second-order valence-corrected chi connectivity index (χ2v) is 4.64. The third-order valence-corrected chi connectivity index (χ3v) is 2.77. The minimum atomic E-state index is -2.81. The minimum Gasteiger partial charge on any atom is -0.325 e. The van der Waals surface area contributed by atoms with Crippen molar-refractivity contribution in [1.82, 2.24) is 9.78 Å². The van der Waals surface area contributed by atoms with Crippen LogP contribution in [0, 0.1) is 6.92 Å². The van der Waals surface area contributed by atoms with Crippen molar-refractivity contribution in [3.63, 3.8) is 0 Å². The monoisotopic (exact) mass is 308 g/mol. The average molecular weight is 308 g/mol. The van der Waals surface area contributed by atoms with Crippen LogP contribution in [0.3, 0.4) is 0 Å². The quantitative estimate of drug-likeness (QED) is 0.912. The van der Waals surface area contributed by atoms with Gasteiger partial charge in [0.1, 0.15) is 0 Å². The number of hydrogen-bond acceptors (Lipinski definition) is 3. The molecule has 0 saturated carbocycles. The lowest BCUT2D eigenvalue weighted by atomic mass is 10.2. The van der Waals surface area contributed by atoms with Gasteiger partial charge in [0.2, 0.25) is 5.91 Å². The number of aromatic nitrogens is 2. The summed E-state index contributed by atoms with van der Waals surface area (Å²) in [6, 6.07) is 6.26. The number of hydrogen-bond donors (Lipinski definition) is 2. The summed E-state index contributed by atoms with van der Waals surface area (Å²) in [7, 11) is 0. The van der Waals surface area contributed by atoms with Crippen LogP contribution in [0.4, 0.5) is 20.2 Å². The Hall–Kier alpha value is -2.77. The zero-order chi connectivity index (χ0) is 16.3. The maximum Gasteiger partial charge on any atom is 0.333 e. The number of benzene rings is 1. The number of halogens is 2. The van der Waals surface area contributed by atoms with Gasteiger partial charge in [-0.3, -0.25) is 9.59 Å². The molecule has 0 atom stereocenters. The van der Waals surface area contributed by atoms with Crippen LogP contribution >= 0.6 is 0 Å². The first kappa shape index (κ1) is 15.6. The summed E-state index contributed by atoms with van der Waals surface area (Å²) in [5, 5.41) is 8.62. The summed E-state index contributed by atoms with van der Waals surface area (Å²) in [6.07, 6.45) is 1.02. The molecule has 1 heterocycles. The molecule has 2 amide bonds. The summed E-state index contributed by atoms with van der Waals surface area (Å²) in [6.45, 7) is 0.351. The van der Waals surface area contributed by atoms with Crippen molar-refractivity contribution in [2.45, 2.75) is 20.4 Å². The van der Waals surface area contributed by atoms with E-state index in [1.165, 1.54) is 13.0 Å². The molecule has 0 aliphatic heterocycles. The van der Waals surface area contributed by atoms with Gasteiger partial charge >= 0.3 is 6.55 Å².